The fraction of sp³-hybridized carbons (Fsp3) is 1.00. The van der Waals surface area contributed by atoms with Crippen LogP contribution in [0.2, 0.25) is 0 Å². The Morgan fingerprint density at radius 1 is 1.00 bits per heavy atom. The smallest absolute Gasteiger partial charge is 0 e. The summed E-state index contributed by atoms with van der Waals surface area (Å²) < 4.78 is 0. The molecule has 0 aliphatic heterocycles. The molecule has 0 saturated carbocycles. The van der Waals surface area contributed by atoms with E-state index in [0.29, 0.717) is 0 Å². The summed E-state index contributed by atoms with van der Waals surface area (Å²) in [6.07, 6.45) is 0. The van der Waals surface area contributed by atoms with Gasteiger partial charge in [0.1, 0.15) is 0 Å². The van der Waals surface area contributed by atoms with Crippen molar-refractivity contribution in [2.24, 2.45) is 0 Å². The van der Waals surface area contributed by atoms with E-state index < -0.39 is 0 Å². The van der Waals surface area contributed by atoms with E-state index in [1.54, 1.807) is 0 Å². The normalized spacial score (nSPS) is 0. The van der Waals surface area contributed by atoms with Crippen LogP contribution in [-0.2, 0) is 34.4 Å². The third-order valence-corrected chi connectivity index (χ3v) is 0. The van der Waals surface area contributed by atoms with Gasteiger partial charge in [-0.15, -0.1) is 0 Å². The maximum atomic E-state index is 0. The first-order valence-corrected chi connectivity index (χ1v) is 0. The summed E-state index contributed by atoms with van der Waals surface area (Å²) in [5.41, 5.74) is 0. The Bertz CT molecular complexity index is 8.00. The van der Waals surface area contributed by atoms with Crippen molar-refractivity contribution in [1.29, 1.82) is 0 Å². The van der Waals surface area contributed by atoms with E-state index in [9.17, 15) is 0 Å². The van der Waals surface area contributed by atoms with Gasteiger partial charge in [0.15, 0.2) is 0 Å². The summed E-state index contributed by atoms with van der Waals surface area (Å²) in [5.74, 6) is 0. The summed E-state index contributed by atoms with van der Waals surface area (Å²) in [6, 6.07) is 0. The zero-order chi connectivity index (χ0) is 0. The molecule has 0 radical (unpaired) electrons. The summed E-state index contributed by atoms with van der Waals surface area (Å²) in [4.78, 5) is 0. The monoisotopic (exact) mass is 158 g/mol. The fourth-order valence-corrected chi connectivity index (χ4v) is 0. The van der Waals surface area contributed by atoms with Crippen LogP contribution in [0.25, 0.3) is 0 Å². The van der Waals surface area contributed by atoms with E-state index in [0.717, 1.165) is 0 Å². The third-order valence-electron chi connectivity index (χ3n) is 0. The first-order chi connectivity index (χ1) is 0. The van der Waals surface area contributed by atoms with Crippen molar-refractivity contribution in [2.75, 3.05) is 0 Å². The maximum absolute atomic E-state index is 0. The van der Waals surface area contributed by atoms with E-state index >= 15 is 0 Å². The van der Waals surface area contributed by atoms with Gasteiger partial charge < -0.3 is 0 Å². The van der Waals surface area contributed by atoms with E-state index in [4.69, 9.17) is 0 Å². The quantitative estimate of drug-likeness (QED) is 0.359. The third kappa shape index (κ3) is 9.77. The van der Waals surface area contributed by atoms with E-state index in [-0.39, 0.29) is 51.8 Å². The Kier molecular flexibility index (Phi) is 310. The van der Waals surface area contributed by atoms with Crippen molar-refractivity contribution >= 4 is 9.90 Å². The van der Waals surface area contributed by atoms with Gasteiger partial charge >= 0.3 is 0 Å². The van der Waals surface area contributed by atoms with Crippen LogP contribution in [0.15, 0.2) is 0 Å². The number of rotatable bonds is 0. The van der Waals surface area contributed by atoms with Crippen LogP contribution in [-0.4, -0.2) is 0 Å². The molecule has 0 aliphatic carbocycles. The molecule has 1 unspecified atom stereocenters. The van der Waals surface area contributed by atoms with Crippen LogP contribution in [0, 0.1) is 0 Å². The van der Waals surface area contributed by atoms with Crippen LogP contribution in [0.3, 0.4) is 0 Å². The minimum Gasteiger partial charge on any atom is -0.153 e. The zero-order valence-electron chi connectivity index (χ0n) is 1.47. The average Bonchev–Trinajstić information content (AvgIpc) is 0. The van der Waals surface area contributed by atoms with Crippen molar-refractivity contribution in [3.63, 3.8) is 0 Å². The van der Waals surface area contributed by atoms with Crippen LogP contribution in [0.5, 0.6) is 0 Å². The van der Waals surface area contributed by atoms with Gasteiger partial charge in [-0.3, -0.25) is 0 Å². The predicted octanol–water partition coefficient (Wildman–Crippen LogP) is 0.689. The SMILES string of the molecule is C.P.[Cr].[Fe]. The molecule has 0 aromatic heterocycles. The van der Waals surface area contributed by atoms with Gasteiger partial charge in [-0.05, 0) is 0 Å². The van der Waals surface area contributed by atoms with Gasteiger partial charge in [-0.25, -0.2) is 0 Å². The molecule has 0 amide bonds. The van der Waals surface area contributed by atoms with Gasteiger partial charge in [0.2, 0.25) is 0 Å². The molecule has 0 rings (SSSR count). The van der Waals surface area contributed by atoms with Crippen LogP contribution >= 0.6 is 9.90 Å². The zero-order valence-corrected chi connectivity index (χ0v) is 5.26. The molecule has 30 valence electrons. The molecule has 0 aromatic carbocycles. The van der Waals surface area contributed by atoms with Gasteiger partial charge in [0.25, 0.3) is 0 Å². The Labute approximate surface area is 52.0 Å². The molecule has 0 heterocycles. The van der Waals surface area contributed by atoms with E-state index in [2.05, 4.69) is 0 Å². The summed E-state index contributed by atoms with van der Waals surface area (Å²) in [7, 11) is 0. The summed E-state index contributed by atoms with van der Waals surface area (Å²) in [6.45, 7) is 0. The van der Waals surface area contributed by atoms with E-state index in [1.807, 2.05) is 0 Å². The van der Waals surface area contributed by atoms with E-state index in [1.165, 1.54) is 0 Å². The Balaban J connectivity index is 0. The van der Waals surface area contributed by atoms with Crippen molar-refractivity contribution < 1.29 is 34.4 Å². The molecule has 0 N–H and O–H groups in total. The predicted molar refractivity (Wildman–Crippen MR) is 17.8 cm³/mol. The van der Waals surface area contributed by atoms with Gasteiger partial charge in [0, 0.05) is 34.4 Å². The van der Waals surface area contributed by atoms with Crippen molar-refractivity contribution in [3.8, 4) is 0 Å². The molecule has 0 spiro atoms. The second-order valence-electron chi connectivity index (χ2n) is 0. The summed E-state index contributed by atoms with van der Waals surface area (Å²) in [5, 5.41) is 0. The first kappa shape index (κ1) is 50.1. The number of hydrogen-bond donors (Lipinski definition) is 0. The number of hydrogen-bond acceptors (Lipinski definition) is 0. The molecule has 0 saturated heterocycles. The molecule has 0 fully saturated rings. The van der Waals surface area contributed by atoms with Gasteiger partial charge in [-0.2, -0.15) is 9.90 Å². The molecular formula is CH7CrFeP. The standard InChI is InChI=1S/CH4.Cr.Fe.H3P/h1H4;;;1H3. The molecule has 0 aliphatic rings. The maximum Gasteiger partial charge on any atom is 0 e. The Morgan fingerprint density at radius 2 is 1.00 bits per heavy atom. The minimum atomic E-state index is 0. The molecule has 1 atom stereocenters. The second-order valence-corrected chi connectivity index (χ2v) is 0. The van der Waals surface area contributed by atoms with Gasteiger partial charge in [0.05, 0.1) is 0 Å². The fourth-order valence-electron chi connectivity index (χ4n) is 0. The van der Waals surface area contributed by atoms with Crippen molar-refractivity contribution in [3.05, 3.63) is 0 Å². The summed E-state index contributed by atoms with van der Waals surface area (Å²) >= 11 is 0. The average molecular weight is 158 g/mol. The first-order valence-electron chi connectivity index (χ1n) is 0. The van der Waals surface area contributed by atoms with Crippen LogP contribution in [0.1, 0.15) is 7.43 Å². The molecule has 0 nitrogen and oxygen atoms in total. The van der Waals surface area contributed by atoms with Crippen molar-refractivity contribution in [1.82, 2.24) is 0 Å². The van der Waals surface area contributed by atoms with Gasteiger partial charge in [-0.1, -0.05) is 7.43 Å². The second kappa shape index (κ2) is 24.7. The van der Waals surface area contributed by atoms with Crippen LogP contribution < -0.4 is 0 Å². The minimum absolute atomic E-state index is 0. The Hall–Kier alpha value is 1.48. The topological polar surface area (TPSA) is 0 Å². The molecule has 3 heteroatoms. The molecular weight excluding hydrogens is 151 g/mol. The van der Waals surface area contributed by atoms with Crippen LogP contribution in [0.4, 0.5) is 0 Å². The molecule has 0 bridgehead atoms. The van der Waals surface area contributed by atoms with Crippen molar-refractivity contribution in [2.45, 2.75) is 7.43 Å². The largest absolute Gasteiger partial charge is 0.153 e. The Morgan fingerprint density at radius 3 is 1.00 bits per heavy atom. The molecule has 0 aromatic rings. The molecule has 4 heavy (non-hydrogen) atoms.